The molecule has 0 radical (unpaired) electrons. The zero-order valence-electron chi connectivity index (χ0n) is 14.2. The summed E-state index contributed by atoms with van der Waals surface area (Å²) in [6.07, 6.45) is 2.18. The van der Waals surface area contributed by atoms with Gasteiger partial charge in [-0.25, -0.2) is 4.98 Å². The topological polar surface area (TPSA) is 43.8 Å². The van der Waals surface area contributed by atoms with Gasteiger partial charge in [-0.3, -0.25) is 0 Å². The van der Waals surface area contributed by atoms with Gasteiger partial charge in [-0.15, -0.1) is 0 Å². The van der Waals surface area contributed by atoms with Gasteiger partial charge < -0.3 is 10.3 Å². The first-order valence-corrected chi connectivity index (χ1v) is 8.44. The van der Waals surface area contributed by atoms with Gasteiger partial charge in [0.1, 0.15) is 11.3 Å². The first-order chi connectivity index (χ1) is 11.2. The van der Waals surface area contributed by atoms with Crippen molar-refractivity contribution in [1.82, 2.24) is 9.55 Å². The lowest BCUT2D eigenvalue weighted by molar-refractivity contribution is 0.569. The largest absolute Gasteiger partial charge is 0.397 e. The minimum absolute atomic E-state index is 0.464. The van der Waals surface area contributed by atoms with Crippen LogP contribution in [0.25, 0.3) is 11.0 Å². The molecule has 0 aliphatic rings. The van der Waals surface area contributed by atoms with E-state index in [1.807, 2.05) is 12.1 Å². The van der Waals surface area contributed by atoms with E-state index >= 15 is 0 Å². The Bertz CT molecular complexity index is 813. The third-order valence-electron chi connectivity index (χ3n) is 4.78. The highest BCUT2D eigenvalue weighted by atomic mass is 15.1. The van der Waals surface area contributed by atoms with E-state index in [2.05, 4.69) is 55.7 Å². The van der Waals surface area contributed by atoms with Gasteiger partial charge in [0.05, 0.1) is 11.2 Å². The second kappa shape index (κ2) is 6.45. The first-order valence-electron chi connectivity index (χ1n) is 8.44. The molecule has 0 amide bonds. The van der Waals surface area contributed by atoms with Gasteiger partial charge in [0.15, 0.2) is 0 Å². The number of anilines is 1. The maximum Gasteiger partial charge on any atom is 0.113 e. The molecule has 0 saturated carbocycles. The van der Waals surface area contributed by atoms with Crippen molar-refractivity contribution in [2.75, 3.05) is 5.73 Å². The zero-order valence-corrected chi connectivity index (χ0v) is 14.2. The molecule has 120 valence electrons. The van der Waals surface area contributed by atoms with Crippen molar-refractivity contribution in [3.05, 3.63) is 59.4 Å². The zero-order chi connectivity index (χ0) is 16.4. The first kappa shape index (κ1) is 15.6. The highest BCUT2D eigenvalue weighted by Crippen LogP contribution is 2.30. The molecular formula is C20H25N3. The Morgan fingerprint density at radius 3 is 2.48 bits per heavy atom. The molecule has 2 aromatic carbocycles. The standard InChI is InChI=1S/C20H25N3/c1-4-15(5-2)20-22-19-17(21)11-8-12-18(19)23(20)13-16-10-7-6-9-14(16)3/h6-12,15H,4-5,13,21H2,1-3H3. The molecule has 0 bridgehead atoms. The van der Waals surface area contributed by atoms with E-state index in [0.717, 1.165) is 41.9 Å². The Labute approximate surface area is 138 Å². The number of nitrogens with zero attached hydrogens (tertiary/aromatic N) is 2. The lowest BCUT2D eigenvalue weighted by atomic mass is 10.0. The van der Waals surface area contributed by atoms with Crippen LogP contribution >= 0.6 is 0 Å². The summed E-state index contributed by atoms with van der Waals surface area (Å²) in [7, 11) is 0. The average molecular weight is 307 g/mol. The summed E-state index contributed by atoms with van der Waals surface area (Å²) >= 11 is 0. The van der Waals surface area contributed by atoms with Crippen molar-refractivity contribution < 1.29 is 0 Å². The summed E-state index contributed by atoms with van der Waals surface area (Å²) in [4.78, 5) is 4.92. The summed E-state index contributed by atoms with van der Waals surface area (Å²) in [6, 6.07) is 14.6. The van der Waals surface area contributed by atoms with Crippen LogP contribution in [0, 0.1) is 6.92 Å². The van der Waals surface area contributed by atoms with Crippen LogP contribution < -0.4 is 5.73 Å². The van der Waals surface area contributed by atoms with Gasteiger partial charge in [0.2, 0.25) is 0 Å². The predicted octanol–water partition coefficient (Wildman–Crippen LogP) is 4.88. The molecule has 1 heterocycles. The highest BCUT2D eigenvalue weighted by molar-refractivity contribution is 5.87. The van der Waals surface area contributed by atoms with E-state index in [0.29, 0.717) is 5.92 Å². The van der Waals surface area contributed by atoms with Crippen molar-refractivity contribution in [2.24, 2.45) is 0 Å². The minimum atomic E-state index is 0.464. The number of hydrogen-bond donors (Lipinski definition) is 1. The van der Waals surface area contributed by atoms with Gasteiger partial charge in [0.25, 0.3) is 0 Å². The molecular weight excluding hydrogens is 282 g/mol. The van der Waals surface area contributed by atoms with E-state index in [4.69, 9.17) is 10.7 Å². The number of rotatable bonds is 5. The molecule has 1 aromatic heterocycles. The molecule has 0 fully saturated rings. The summed E-state index contributed by atoms with van der Waals surface area (Å²) in [5.41, 5.74) is 11.6. The van der Waals surface area contributed by atoms with Crippen LogP contribution in [-0.4, -0.2) is 9.55 Å². The number of aryl methyl sites for hydroxylation is 1. The number of para-hydroxylation sites is 1. The summed E-state index contributed by atoms with van der Waals surface area (Å²) < 4.78 is 2.35. The number of aromatic nitrogens is 2. The van der Waals surface area contributed by atoms with Crippen molar-refractivity contribution in [2.45, 2.75) is 46.1 Å². The van der Waals surface area contributed by atoms with Crippen molar-refractivity contribution in [3.8, 4) is 0 Å². The Morgan fingerprint density at radius 1 is 1.04 bits per heavy atom. The molecule has 3 rings (SSSR count). The van der Waals surface area contributed by atoms with Gasteiger partial charge in [-0.1, -0.05) is 44.2 Å². The normalized spacial score (nSPS) is 11.5. The van der Waals surface area contributed by atoms with Crippen LogP contribution in [0.5, 0.6) is 0 Å². The summed E-state index contributed by atoms with van der Waals surface area (Å²) in [6.45, 7) is 7.47. The lowest BCUT2D eigenvalue weighted by Crippen LogP contribution is -2.10. The summed E-state index contributed by atoms with van der Waals surface area (Å²) in [5.74, 6) is 1.62. The third-order valence-corrected chi connectivity index (χ3v) is 4.78. The number of hydrogen-bond acceptors (Lipinski definition) is 2. The van der Waals surface area contributed by atoms with Gasteiger partial charge in [0, 0.05) is 12.5 Å². The molecule has 3 heteroatoms. The fraction of sp³-hybridized carbons (Fsp3) is 0.350. The Hall–Kier alpha value is -2.29. The molecule has 0 aliphatic heterocycles. The van der Waals surface area contributed by atoms with Crippen LogP contribution in [0.2, 0.25) is 0 Å². The number of benzene rings is 2. The van der Waals surface area contributed by atoms with Crippen molar-refractivity contribution in [1.29, 1.82) is 0 Å². The molecule has 0 unspecified atom stereocenters. The van der Waals surface area contributed by atoms with E-state index in [9.17, 15) is 0 Å². The SMILES string of the molecule is CCC(CC)c1nc2c(N)cccc2n1Cc1ccccc1C. The van der Waals surface area contributed by atoms with Gasteiger partial charge in [-0.2, -0.15) is 0 Å². The molecule has 0 atom stereocenters. The minimum Gasteiger partial charge on any atom is -0.397 e. The molecule has 0 spiro atoms. The van der Waals surface area contributed by atoms with Crippen LogP contribution in [0.15, 0.2) is 42.5 Å². The van der Waals surface area contributed by atoms with Crippen LogP contribution in [0.4, 0.5) is 5.69 Å². The predicted molar refractivity (Wildman–Crippen MR) is 97.7 cm³/mol. The van der Waals surface area contributed by atoms with E-state index < -0.39 is 0 Å². The van der Waals surface area contributed by atoms with Crippen LogP contribution in [0.1, 0.15) is 49.6 Å². The average Bonchev–Trinajstić information content (AvgIpc) is 2.91. The smallest absolute Gasteiger partial charge is 0.113 e. The number of nitrogen functional groups attached to an aromatic ring is 1. The maximum absolute atomic E-state index is 6.17. The summed E-state index contributed by atoms with van der Waals surface area (Å²) in [5, 5.41) is 0. The van der Waals surface area contributed by atoms with Crippen LogP contribution in [0.3, 0.4) is 0 Å². The maximum atomic E-state index is 6.17. The molecule has 0 saturated heterocycles. The van der Waals surface area contributed by atoms with Crippen molar-refractivity contribution >= 4 is 16.7 Å². The van der Waals surface area contributed by atoms with Crippen molar-refractivity contribution in [3.63, 3.8) is 0 Å². The highest BCUT2D eigenvalue weighted by Gasteiger charge is 2.19. The number of fused-ring (bicyclic) bond motifs is 1. The Morgan fingerprint density at radius 2 is 1.78 bits per heavy atom. The Balaban J connectivity index is 2.18. The quantitative estimate of drug-likeness (QED) is 0.683. The van der Waals surface area contributed by atoms with Crippen LogP contribution in [-0.2, 0) is 6.54 Å². The number of imidazole rings is 1. The molecule has 23 heavy (non-hydrogen) atoms. The second-order valence-electron chi connectivity index (χ2n) is 6.21. The Kier molecular flexibility index (Phi) is 4.37. The fourth-order valence-corrected chi connectivity index (χ4v) is 3.28. The van der Waals surface area contributed by atoms with E-state index in [-0.39, 0.29) is 0 Å². The van der Waals surface area contributed by atoms with E-state index in [1.54, 1.807) is 0 Å². The monoisotopic (exact) mass is 307 g/mol. The third kappa shape index (κ3) is 2.83. The molecule has 3 aromatic rings. The van der Waals surface area contributed by atoms with Gasteiger partial charge in [-0.05, 0) is 43.0 Å². The molecule has 3 nitrogen and oxygen atoms in total. The molecule has 0 aliphatic carbocycles. The fourth-order valence-electron chi connectivity index (χ4n) is 3.28. The number of nitrogens with two attached hydrogens (primary N) is 1. The van der Waals surface area contributed by atoms with E-state index in [1.165, 1.54) is 11.1 Å². The lowest BCUT2D eigenvalue weighted by Gasteiger charge is -2.16. The van der Waals surface area contributed by atoms with Gasteiger partial charge >= 0.3 is 0 Å². The molecule has 2 N–H and O–H groups in total. The second-order valence-corrected chi connectivity index (χ2v) is 6.21.